The second kappa shape index (κ2) is 41.2. The molecule has 0 aliphatic carbocycles. The van der Waals surface area contributed by atoms with Gasteiger partial charge in [-0.25, -0.2) is 47.9 Å². The Labute approximate surface area is 513 Å². The van der Waals surface area contributed by atoms with Gasteiger partial charge in [-0.3, -0.25) is 9.59 Å². The first-order valence-electron chi connectivity index (χ1n) is 26.3. The maximum atomic E-state index is 13.5. The molecule has 0 aromatic heterocycles. The minimum atomic E-state index is -1.65. The summed E-state index contributed by atoms with van der Waals surface area (Å²) >= 11 is 0. The molecule has 0 fully saturated rings. The first-order chi connectivity index (χ1) is 42.3. The summed E-state index contributed by atoms with van der Waals surface area (Å²) in [6, 6.07) is 4.43. The number of carbonyl (C=O) groups excluding carboxylic acids is 12. The molecule has 0 saturated carbocycles. The molecule has 0 aliphatic rings. The Bertz CT molecular complexity index is 2610. The van der Waals surface area contributed by atoms with Crippen LogP contribution < -0.4 is 10.6 Å². The molecule has 28 nitrogen and oxygen atoms in total. The molecular formula is C61H74N2O26. The van der Waals surface area contributed by atoms with Gasteiger partial charge in [0.05, 0.1) is 61.3 Å². The number of benzene rings is 1. The van der Waals surface area contributed by atoms with E-state index in [-0.39, 0.29) is 11.4 Å². The number of hydrogen-bond donors (Lipinski definition) is 2. The Balaban J connectivity index is 3.53. The first-order valence-corrected chi connectivity index (χ1v) is 26.3. The summed E-state index contributed by atoms with van der Waals surface area (Å²) in [5.41, 5.74) is -5.76. The van der Waals surface area contributed by atoms with E-state index in [0.717, 1.165) is 60.8 Å². The maximum absolute atomic E-state index is 13.5. The van der Waals surface area contributed by atoms with Gasteiger partial charge in [-0.1, -0.05) is 71.9 Å². The van der Waals surface area contributed by atoms with Crippen LogP contribution in [0.4, 0.5) is 11.4 Å². The smallest absolute Gasteiger partial charge is 0.330 e. The summed E-state index contributed by atoms with van der Waals surface area (Å²) in [6.45, 7) is 24.7. The van der Waals surface area contributed by atoms with Crippen molar-refractivity contribution < 1.29 is 124 Å². The number of rotatable bonds is 48. The van der Waals surface area contributed by atoms with Crippen LogP contribution in [0.1, 0.15) is 5.56 Å². The van der Waals surface area contributed by atoms with Crippen LogP contribution in [0.15, 0.2) is 145 Å². The normalized spacial score (nSPS) is 10.9. The van der Waals surface area contributed by atoms with E-state index in [2.05, 4.69) is 76.4 Å². The zero-order valence-corrected chi connectivity index (χ0v) is 49.4. The second-order valence-electron chi connectivity index (χ2n) is 19.2. The van der Waals surface area contributed by atoms with Gasteiger partial charge >= 0.3 is 59.7 Å². The highest BCUT2D eigenvalue weighted by Crippen LogP contribution is 2.29. The van der Waals surface area contributed by atoms with E-state index < -0.39 is 212 Å². The lowest BCUT2D eigenvalue weighted by Crippen LogP contribution is -2.47. The molecule has 484 valence electrons. The molecule has 0 bridgehead atoms. The molecule has 89 heavy (non-hydrogen) atoms. The molecule has 0 saturated heterocycles. The number of nitrogens with one attached hydrogen (secondary N) is 2. The van der Waals surface area contributed by atoms with Gasteiger partial charge in [0.1, 0.15) is 79.3 Å². The molecule has 0 spiro atoms. The highest BCUT2D eigenvalue weighted by molar-refractivity contribution is 5.96. The number of aryl methyl sites for hydroxylation is 1. The Morgan fingerprint density at radius 3 is 0.742 bits per heavy atom. The summed E-state index contributed by atoms with van der Waals surface area (Å²) < 4.78 is 76.7. The summed E-state index contributed by atoms with van der Waals surface area (Å²) in [6.07, 6.45) is 8.47. The van der Waals surface area contributed by atoms with Crippen LogP contribution in [0.25, 0.3) is 0 Å². The predicted molar refractivity (Wildman–Crippen MR) is 313 cm³/mol. The Hall–Kier alpha value is -9.90. The average molecular weight is 1250 g/mol. The molecule has 2 N–H and O–H groups in total. The van der Waals surface area contributed by atoms with Crippen molar-refractivity contribution in [2.75, 3.05) is 130 Å². The Morgan fingerprint density at radius 2 is 0.517 bits per heavy atom. The molecule has 0 aliphatic heterocycles. The fraction of sp³-hybridized carbons (Fsp3) is 0.377. The van der Waals surface area contributed by atoms with Gasteiger partial charge in [-0.2, -0.15) is 0 Å². The summed E-state index contributed by atoms with van der Waals surface area (Å²) in [5.74, 6) is -10.7. The van der Waals surface area contributed by atoms with E-state index >= 15 is 0 Å². The molecule has 28 heteroatoms. The van der Waals surface area contributed by atoms with Crippen LogP contribution in [0.2, 0.25) is 0 Å². The number of esters is 10. The lowest BCUT2D eigenvalue weighted by Gasteiger charge is -2.35. The third-order valence-electron chi connectivity index (χ3n) is 11.6. The van der Waals surface area contributed by atoms with Gasteiger partial charge in [0.2, 0.25) is 11.8 Å². The lowest BCUT2D eigenvalue weighted by molar-refractivity contribution is -0.172. The van der Waals surface area contributed by atoms with E-state index in [1.807, 2.05) is 0 Å². The number of carbonyl (C=O) groups is 12. The van der Waals surface area contributed by atoms with E-state index in [9.17, 15) is 57.5 Å². The van der Waals surface area contributed by atoms with Crippen molar-refractivity contribution in [3.05, 3.63) is 150 Å². The van der Waals surface area contributed by atoms with Crippen molar-refractivity contribution in [3.63, 3.8) is 0 Å². The number of anilines is 2. The van der Waals surface area contributed by atoms with Crippen molar-refractivity contribution in [3.8, 4) is 0 Å². The molecule has 1 aromatic carbocycles. The maximum Gasteiger partial charge on any atom is 0.330 e. The summed E-state index contributed by atoms with van der Waals surface area (Å²) in [4.78, 5) is 150. The van der Waals surface area contributed by atoms with Crippen LogP contribution in [0, 0.1) is 28.6 Å². The van der Waals surface area contributed by atoms with Crippen LogP contribution >= 0.6 is 0 Å². The standard InChI is InChI=1S/C61H74N2O26/c1-12-48(66)80-33-58(34-81-49(67)13-2,29-78-31-60(37-84-52(70)16-5,38-85-53(71)17-6)39-86-54(72)18-7)27-76-25-46(64)62-44-23-22-43(11)45(24-44)63-47(65)26-77-28-59(35-82-50(68)14-3,36-83-51(69)15-4)30-79-32-61(40-87-55(73)19-8,41-88-56(74)20-9)42-89-57(75)21-10/h12-24H,1-10,25-42H2,11H3,(H,62,64)(H,63,65). The lowest BCUT2D eigenvalue weighted by atomic mass is 9.90. The SMILES string of the molecule is C=CC(=O)OCC(COCC(=O)Nc1ccc(C)c(NC(=O)COCC(COCC(COC(=O)C=C)(COC(=O)C=C)COC(=O)C=C)(COC(=O)C=C)COC(=O)C=C)c1)(COCC(COC(=O)C=C)(COC(=O)C=C)COC(=O)C=C)COC(=O)C=C. The van der Waals surface area contributed by atoms with Gasteiger partial charge in [0.25, 0.3) is 0 Å². The average Bonchev–Trinajstić information content (AvgIpc) is 3.31. The van der Waals surface area contributed by atoms with Gasteiger partial charge in [-0.15, -0.1) is 0 Å². The van der Waals surface area contributed by atoms with Crippen LogP contribution in [0.5, 0.6) is 0 Å². The molecule has 0 radical (unpaired) electrons. The van der Waals surface area contributed by atoms with Crippen molar-refractivity contribution in [1.82, 2.24) is 0 Å². The van der Waals surface area contributed by atoms with Crippen LogP contribution in [-0.2, 0) is 124 Å². The summed E-state index contributed by atoms with van der Waals surface area (Å²) in [7, 11) is 0. The predicted octanol–water partition coefficient (Wildman–Crippen LogP) is 3.18. The van der Waals surface area contributed by atoms with Crippen LogP contribution in [0.3, 0.4) is 0 Å². The fourth-order valence-electron chi connectivity index (χ4n) is 6.74. The van der Waals surface area contributed by atoms with E-state index in [1.165, 1.54) is 12.1 Å². The minimum absolute atomic E-state index is 0.135. The molecule has 0 unspecified atom stereocenters. The van der Waals surface area contributed by atoms with Gasteiger partial charge in [-0.05, 0) is 24.6 Å². The van der Waals surface area contributed by atoms with Gasteiger partial charge in [0.15, 0.2) is 0 Å². The van der Waals surface area contributed by atoms with E-state index in [4.69, 9.17) is 66.3 Å². The molecular weight excluding hydrogens is 1180 g/mol. The third-order valence-corrected chi connectivity index (χ3v) is 11.6. The molecule has 1 rings (SSSR count). The Morgan fingerprint density at radius 1 is 0.315 bits per heavy atom. The summed E-state index contributed by atoms with van der Waals surface area (Å²) in [5, 5.41) is 5.27. The van der Waals surface area contributed by atoms with E-state index in [0.29, 0.717) is 5.56 Å². The van der Waals surface area contributed by atoms with E-state index in [1.54, 1.807) is 13.0 Å². The van der Waals surface area contributed by atoms with Crippen LogP contribution in [-0.4, -0.2) is 190 Å². The number of hydrogen-bond acceptors (Lipinski definition) is 26. The minimum Gasteiger partial charge on any atom is -0.462 e. The topological polar surface area (TPSA) is 358 Å². The monoisotopic (exact) mass is 1250 g/mol. The van der Waals surface area contributed by atoms with Gasteiger partial charge in [0, 0.05) is 72.1 Å². The van der Waals surface area contributed by atoms with Crippen molar-refractivity contribution in [1.29, 1.82) is 0 Å². The second-order valence-corrected chi connectivity index (χ2v) is 19.2. The van der Waals surface area contributed by atoms with Gasteiger partial charge < -0.3 is 76.9 Å². The number of amides is 2. The van der Waals surface area contributed by atoms with Crippen molar-refractivity contribution in [2.24, 2.45) is 21.7 Å². The number of ether oxygens (including phenoxy) is 14. The molecule has 0 atom stereocenters. The highest BCUT2D eigenvalue weighted by Gasteiger charge is 2.42. The highest BCUT2D eigenvalue weighted by atomic mass is 16.6. The Kier molecular flexibility index (Phi) is 35.7. The fourth-order valence-corrected chi connectivity index (χ4v) is 6.74. The third kappa shape index (κ3) is 30.8. The molecule has 2 amide bonds. The first kappa shape index (κ1) is 77.1. The van der Waals surface area contributed by atoms with Crippen molar-refractivity contribution >= 4 is 82.9 Å². The largest absolute Gasteiger partial charge is 0.462 e. The zero-order chi connectivity index (χ0) is 66.9. The molecule has 0 heterocycles. The quantitative estimate of drug-likeness (QED) is 0.0537. The molecule has 1 aromatic rings. The zero-order valence-electron chi connectivity index (χ0n) is 49.4. The van der Waals surface area contributed by atoms with Crippen molar-refractivity contribution in [2.45, 2.75) is 6.92 Å².